The molecule has 1 amide bonds. The van der Waals surface area contributed by atoms with Gasteiger partial charge in [0, 0.05) is 43.0 Å². The van der Waals surface area contributed by atoms with Crippen molar-refractivity contribution in [1.82, 2.24) is 9.80 Å². The summed E-state index contributed by atoms with van der Waals surface area (Å²) in [7, 11) is 0. The number of benzene rings is 1. The maximum atomic E-state index is 12.6. The van der Waals surface area contributed by atoms with Gasteiger partial charge in [0.15, 0.2) is 0 Å². The van der Waals surface area contributed by atoms with Gasteiger partial charge in [0.25, 0.3) is 5.91 Å². The van der Waals surface area contributed by atoms with Crippen molar-refractivity contribution in [1.29, 1.82) is 0 Å². The maximum absolute atomic E-state index is 12.6. The molecule has 0 aliphatic carbocycles. The summed E-state index contributed by atoms with van der Waals surface area (Å²) in [5.41, 5.74) is 3.25. The summed E-state index contributed by atoms with van der Waals surface area (Å²) in [4.78, 5) is 18.3. The number of aryl methyl sites for hydroxylation is 1. The van der Waals surface area contributed by atoms with E-state index in [-0.39, 0.29) is 5.91 Å². The lowest BCUT2D eigenvalue weighted by molar-refractivity contribution is 0.0650. The number of hydrogen-bond donors (Lipinski definition) is 0. The molecule has 2 heterocycles. The third-order valence-electron chi connectivity index (χ3n) is 4.65. The van der Waals surface area contributed by atoms with E-state index in [2.05, 4.69) is 48.2 Å². The number of piperazine rings is 1. The van der Waals surface area contributed by atoms with Crippen LogP contribution in [0.25, 0.3) is 6.08 Å². The quantitative estimate of drug-likeness (QED) is 0.844. The molecule has 0 saturated carbocycles. The molecule has 1 aliphatic heterocycles. The minimum atomic E-state index is 0.191. The maximum Gasteiger partial charge on any atom is 0.255 e. The van der Waals surface area contributed by atoms with E-state index >= 15 is 0 Å². The predicted octanol–water partition coefficient (Wildman–Crippen LogP) is 3.84. The Morgan fingerprint density at radius 1 is 1.12 bits per heavy atom. The normalized spacial score (nSPS) is 16.0. The lowest BCUT2D eigenvalue weighted by atomic mass is 10.1. The first-order chi connectivity index (χ1) is 11.6. The molecule has 3 nitrogen and oxygen atoms in total. The molecule has 1 saturated heterocycles. The van der Waals surface area contributed by atoms with Gasteiger partial charge in [-0.05, 0) is 25.0 Å². The Hall–Kier alpha value is -1.91. The fourth-order valence-corrected chi connectivity index (χ4v) is 3.79. The van der Waals surface area contributed by atoms with Gasteiger partial charge in [-0.25, -0.2) is 0 Å². The number of amides is 1. The number of carbonyl (C=O) groups is 1. The van der Waals surface area contributed by atoms with E-state index in [1.807, 2.05) is 23.3 Å². The van der Waals surface area contributed by atoms with Crippen LogP contribution in [0.3, 0.4) is 0 Å². The topological polar surface area (TPSA) is 23.6 Å². The monoisotopic (exact) mass is 340 g/mol. The van der Waals surface area contributed by atoms with Crippen LogP contribution in [0.15, 0.2) is 41.8 Å². The molecule has 4 heteroatoms. The second kappa shape index (κ2) is 7.77. The molecule has 0 atom stereocenters. The Morgan fingerprint density at radius 3 is 2.46 bits per heavy atom. The largest absolute Gasteiger partial charge is 0.336 e. The minimum absolute atomic E-state index is 0.191. The van der Waals surface area contributed by atoms with Gasteiger partial charge in [0.2, 0.25) is 0 Å². The fourth-order valence-electron chi connectivity index (χ4n) is 2.93. The molecule has 3 rings (SSSR count). The van der Waals surface area contributed by atoms with E-state index in [1.54, 1.807) is 11.3 Å². The molecule has 24 heavy (non-hydrogen) atoms. The van der Waals surface area contributed by atoms with Crippen molar-refractivity contribution in [3.8, 4) is 0 Å². The van der Waals surface area contributed by atoms with Crippen LogP contribution in [0.2, 0.25) is 0 Å². The highest BCUT2D eigenvalue weighted by Gasteiger charge is 2.23. The number of thiophene rings is 1. The van der Waals surface area contributed by atoms with Gasteiger partial charge >= 0.3 is 0 Å². The van der Waals surface area contributed by atoms with E-state index in [9.17, 15) is 4.79 Å². The molecule has 0 unspecified atom stereocenters. The first kappa shape index (κ1) is 16.9. The second-order valence-electron chi connectivity index (χ2n) is 6.24. The van der Waals surface area contributed by atoms with Crippen LogP contribution in [0.1, 0.15) is 26.4 Å². The Bertz CT molecular complexity index is 712. The van der Waals surface area contributed by atoms with Crippen LogP contribution in [0, 0.1) is 13.8 Å². The van der Waals surface area contributed by atoms with E-state index in [0.29, 0.717) is 0 Å². The zero-order valence-electron chi connectivity index (χ0n) is 14.4. The third-order valence-corrected chi connectivity index (χ3v) is 5.66. The Balaban J connectivity index is 1.50. The van der Waals surface area contributed by atoms with Crippen molar-refractivity contribution in [3.63, 3.8) is 0 Å². The summed E-state index contributed by atoms with van der Waals surface area (Å²) in [6.45, 7) is 8.56. The van der Waals surface area contributed by atoms with Crippen molar-refractivity contribution in [2.45, 2.75) is 13.8 Å². The number of rotatable bonds is 4. The molecule has 126 valence electrons. The zero-order valence-corrected chi connectivity index (χ0v) is 15.2. The predicted molar refractivity (Wildman–Crippen MR) is 102 cm³/mol. The van der Waals surface area contributed by atoms with Crippen molar-refractivity contribution in [2.24, 2.45) is 0 Å². The Labute approximate surface area is 148 Å². The molecule has 1 fully saturated rings. The Morgan fingerprint density at radius 2 is 1.83 bits per heavy atom. The van der Waals surface area contributed by atoms with Gasteiger partial charge in [-0.15, -0.1) is 11.3 Å². The summed E-state index contributed by atoms with van der Waals surface area (Å²) >= 11 is 1.67. The van der Waals surface area contributed by atoms with Crippen LogP contribution in [-0.4, -0.2) is 48.4 Å². The molecular weight excluding hydrogens is 316 g/mol. The highest BCUT2D eigenvalue weighted by atomic mass is 32.1. The van der Waals surface area contributed by atoms with Crippen LogP contribution in [0.5, 0.6) is 0 Å². The zero-order chi connectivity index (χ0) is 16.9. The van der Waals surface area contributed by atoms with Gasteiger partial charge in [-0.3, -0.25) is 9.69 Å². The standard InChI is InChI=1S/C20H24N2OS/c1-16-17(2)24-15-19(16)20(23)22-13-11-21(12-14-22)10-6-9-18-7-4-3-5-8-18/h3-9,15H,10-14H2,1-2H3/b9-6+. The van der Waals surface area contributed by atoms with Crippen molar-refractivity contribution in [2.75, 3.05) is 32.7 Å². The van der Waals surface area contributed by atoms with Crippen LogP contribution >= 0.6 is 11.3 Å². The first-order valence-corrected chi connectivity index (χ1v) is 9.31. The summed E-state index contributed by atoms with van der Waals surface area (Å²) in [5, 5.41) is 2.00. The van der Waals surface area contributed by atoms with Crippen LogP contribution in [-0.2, 0) is 0 Å². The Kier molecular flexibility index (Phi) is 5.48. The lowest BCUT2D eigenvalue weighted by Crippen LogP contribution is -2.48. The highest BCUT2D eigenvalue weighted by Crippen LogP contribution is 2.22. The van der Waals surface area contributed by atoms with Crippen molar-refractivity contribution in [3.05, 3.63) is 63.4 Å². The van der Waals surface area contributed by atoms with Gasteiger partial charge in [0.1, 0.15) is 0 Å². The number of hydrogen-bond acceptors (Lipinski definition) is 3. The summed E-state index contributed by atoms with van der Waals surface area (Å²) in [5.74, 6) is 0.191. The van der Waals surface area contributed by atoms with Gasteiger partial charge < -0.3 is 4.90 Å². The minimum Gasteiger partial charge on any atom is -0.336 e. The molecule has 0 bridgehead atoms. The summed E-state index contributed by atoms with van der Waals surface area (Å²) in [6, 6.07) is 10.4. The smallest absolute Gasteiger partial charge is 0.255 e. The molecule has 1 aliphatic rings. The molecule has 2 aromatic rings. The third kappa shape index (κ3) is 3.94. The van der Waals surface area contributed by atoms with Crippen molar-refractivity contribution < 1.29 is 4.79 Å². The molecule has 0 radical (unpaired) electrons. The fraction of sp³-hybridized carbons (Fsp3) is 0.350. The van der Waals surface area contributed by atoms with Gasteiger partial charge in [-0.2, -0.15) is 0 Å². The number of carbonyl (C=O) groups excluding carboxylic acids is 1. The molecule has 0 spiro atoms. The molecule has 0 N–H and O–H groups in total. The van der Waals surface area contributed by atoms with E-state index in [1.165, 1.54) is 10.4 Å². The molecule has 1 aromatic heterocycles. The molecule has 1 aromatic carbocycles. The summed E-state index contributed by atoms with van der Waals surface area (Å²) in [6.07, 6.45) is 4.37. The van der Waals surface area contributed by atoms with Gasteiger partial charge in [-0.1, -0.05) is 42.5 Å². The lowest BCUT2D eigenvalue weighted by Gasteiger charge is -2.34. The van der Waals surface area contributed by atoms with Gasteiger partial charge in [0.05, 0.1) is 5.56 Å². The summed E-state index contributed by atoms with van der Waals surface area (Å²) < 4.78 is 0. The molecular formula is C20H24N2OS. The van der Waals surface area contributed by atoms with Crippen LogP contribution < -0.4 is 0 Å². The average Bonchev–Trinajstić information content (AvgIpc) is 2.95. The highest BCUT2D eigenvalue weighted by molar-refractivity contribution is 7.10. The number of nitrogens with zero attached hydrogens (tertiary/aromatic N) is 2. The van der Waals surface area contributed by atoms with E-state index < -0.39 is 0 Å². The van der Waals surface area contributed by atoms with Crippen LogP contribution in [0.4, 0.5) is 0 Å². The average molecular weight is 340 g/mol. The second-order valence-corrected chi connectivity index (χ2v) is 7.32. The SMILES string of the molecule is Cc1scc(C(=O)N2CCN(C/C=C/c3ccccc3)CC2)c1C. The van der Waals surface area contributed by atoms with E-state index in [4.69, 9.17) is 0 Å². The van der Waals surface area contributed by atoms with E-state index in [0.717, 1.165) is 43.9 Å². The first-order valence-electron chi connectivity index (χ1n) is 8.43. The van der Waals surface area contributed by atoms with Crippen molar-refractivity contribution >= 4 is 23.3 Å².